The van der Waals surface area contributed by atoms with Crippen molar-refractivity contribution in [1.82, 2.24) is 30.4 Å². The highest BCUT2D eigenvalue weighted by Crippen LogP contribution is 2.33. The Labute approximate surface area is 159 Å². The number of hydrogen-bond acceptors (Lipinski definition) is 5. The molecular formula is C20H26N6O. The Bertz CT molecular complexity index is 860. The van der Waals surface area contributed by atoms with Gasteiger partial charge in [0.15, 0.2) is 11.5 Å². The summed E-state index contributed by atoms with van der Waals surface area (Å²) < 4.78 is 0. The number of H-pyrrole nitrogens is 1. The fourth-order valence-electron chi connectivity index (χ4n) is 4.66. The van der Waals surface area contributed by atoms with Crippen LogP contribution >= 0.6 is 0 Å². The van der Waals surface area contributed by atoms with Crippen LogP contribution in [0.15, 0.2) is 6.20 Å². The van der Waals surface area contributed by atoms with Crippen molar-refractivity contribution in [1.29, 1.82) is 0 Å². The second kappa shape index (κ2) is 7.03. The van der Waals surface area contributed by atoms with Gasteiger partial charge in [-0.15, -0.1) is 0 Å². The summed E-state index contributed by atoms with van der Waals surface area (Å²) in [7, 11) is 0. The number of nitrogens with one attached hydrogen (secondary N) is 2. The second-order valence-electron chi connectivity index (χ2n) is 7.87. The Morgan fingerprint density at radius 2 is 2.07 bits per heavy atom. The summed E-state index contributed by atoms with van der Waals surface area (Å²) in [5, 5.41) is 10.9. The molecule has 0 spiro atoms. The number of aromatic amines is 1. The van der Waals surface area contributed by atoms with Crippen LogP contribution in [-0.4, -0.2) is 44.1 Å². The fourth-order valence-corrected chi connectivity index (χ4v) is 4.66. The van der Waals surface area contributed by atoms with Gasteiger partial charge in [-0.25, -0.2) is 9.97 Å². The van der Waals surface area contributed by atoms with Gasteiger partial charge in [-0.2, -0.15) is 5.10 Å². The predicted octanol–water partition coefficient (Wildman–Crippen LogP) is 2.09. The molecular weight excluding hydrogens is 340 g/mol. The Hall–Kier alpha value is -2.28. The van der Waals surface area contributed by atoms with Gasteiger partial charge in [0.2, 0.25) is 0 Å². The molecule has 142 valence electrons. The molecule has 2 N–H and O–H groups in total. The summed E-state index contributed by atoms with van der Waals surface area (Å²) in [6, 6.07) is -0.0317. The minimum atomic E-state index is -0.0317. The Morgan fingerprint density at radius 1 is 1.15 bits per heavy atom. The summed E-state index contributed by atoms with van der Waals surface area (Å²) in [6.07, 6.45) is 10.3. The summed E-state index contributed by atoms with van der Waals surface area (Å²) in [5.74, 6) is 0.836. The molecule has 0 bridgehead atoms. The first-order valence-corrected chi connectivity index (χ1v) is 10.2. The molecule has 1 unspecified atom stereocenters. The number of aryl methyl sites for hydroxylation is 1. The molecule has 2 aromatic heterocycles. The standard InChI is InChI=1S/C20H26N6O/c27-20(18-14-5-2-1-3-6-16(14)24-25-18)26-10-4-7-17(26)19-22-12-13-11-21-9-8-15(13)23-19/h12,17,21H,1-11H2,(H,24,25). The molecule has 7 nitrogen and oxygen atoms in total. The second-order valence-corrected chi connectivity index (χ2v) is 7.87. The number of hydrogen-bond donors (Lipinski definition) is 2. The average molecular weight is 366 g/mol. The number of amides is 1. The highest BCUT2D eigenvalue weighted by Gasteiger charge is 2.35. The van der Waals surface area contributed by atoms with Crippen LogP contribution in [0.1, 0.15) is 77.0 Å². The fraction of sp³-hybridized carbons (Fsp3) is 0.600. The molecule has 3 aliphatic rings. The first kappa shape index (κ1) is 16.9. The molecule has 2 aliphatic heterocycles. The van der Waals surface area contributed by atoms with Crippen LogP contribution in [0.3, 0.4) is 0 Å². The van der Waals surface area contributed by atoms with Crippen LogP contribution in [-0.2, 0) is 25.8 Å². The molecule has 1 atom stereocenters. The van der Waals surface area contributed by atoms with Gasteiger partial charge in [0.1, 0.15) is 0 Å². The predicted molar refractivity (Wildman–Crippen MR) is 100 cm³/mol. The topological polar surface area (TPSA) is 86.8 Å². The van der Waals surface area contributed by atoms with Crippen LogP contribution in [0.2, 0.25) is 0 Å². The molecule has 1 fully saturated rings. The third-order valence-electron chi connectivity index (χ3n) is 6.15. The molecule has 5 rings (SSSR count). The van der Waals surface area contributed by atoms with Crippen LogP contribution < -0.4 is 5.32 Å². The SMILES string of the molecule is O=C(c1n[nH]c2c1CCCCC2)N1CCCC1c1ncc2c(n1)CCNC2. The van der Waals surface area contributed by atoms with Gasteiger partial charge in [0, 0.05) is 54.8 Å². The summed E-state index contributed by atoms with van der Waals surface area (Å²) >= 11 is 0. The molecule has 1 aliphatic carbocycles. The lowest BCUT2D eigenvalue weighted by atomic mass is 10.1. The maximum atomic E-state index is 13.3. The van der Waals surface area contributed by atoms with Crippen molar-refractivity contribution < 1.29 is 4.79 Å². The number of fused-ring (bicyclic) bond motifs is 2. The summed E-state index contributed by atoms with van der Waals surface area (Å²) in [4.78, 5) is 24.7. The first-order valence-electron chi connectivity index (χ1n) is 10.2. The van der Waals surface area contributed by atoms with E-state index < -0.39 is 0 Å². The summed E-state index contributed by atoms with van der Waals surface area (Å²) in [5.41, 5.74) is 5.23. The minimum absolute atomic E-state index is 0.0317. The number of likely N-dealkylation sites (tertiary alicyclic amines) is 1. The number of aromatic nitrogens is 4. The zero-order valence-electron chi connectivity index (χ0n) is 15.6. The Kier molecular flexibility index (Phi) is 4.39. The molecule has 4 heterocycles. The van der Waals surface area contributed by atoms with Crippen molar-refractivity contribution in [3.63, 3.8) is 0 Å². The number of carbonyl (C=O) groups excluding carboxylic acids is 1. The van der Waals surface area contributed by atoms with Gasteiger partial charge >= 0.3 is 0 Å². The van der Waals surface area contributed by atoms with Crippen molar-refractivity contribution >= 4 is 5.91 Å². The monoisotopic (exact) mass is 366 g/mol. The van der Waals surface area contributed by atoms with E-state index in [1.807, 2.05) is 11.1 Å². The van der Waals surface area contributed by atoms with Gasteiger partial charge in [0.25, 0.3) is 5.91 Å². The van der Waals surface area contributed by atoms with Crippen LogP contribution in [0.4, 0.5) is 0 Å². The maximum Gasteiger partial charge on any atom is 0.275 e. The molecule has 7 heteroatoms. The van der Waals surface area contributed by atoms with E-state index in [-0.39, 0.29) is 11.9 Å². The third-order valence-corrected chi connectivity index (χ3v) is 6.15. The van der Waals surface area contributed by atoms with Gasteiger partial charge in [-0.3, -0.25) is 9.89 Å². The molecule has 0 aromatic carbocycles. The van der Waals surface area contributed by atoms with E-state index in [1.54, 1.807) is 0 Å². The largest absolute Gasteiger partial charge is 0.327 e. The smallest absolute Gasteiger partial charge is 0.275 e. The third kappa shape index (κ3) is 3.04. The van der Waals surface area contributed by atoms with Gasteiger partial charge in [-0.1, -0.05) is 6.42 Å². The van der Waals surface area contributed by atoms with Crippen LogP contribution in [0, 0.1) is 0 Å². The minimum Gasteiger partial charge on any atom is -0.327 e. The number of carbonyl (C=O) groups is 1. The van der Waals surface area contributed by atoms with E-state index in [9.17, 15) is 4.79 Å². The normalized spacial score (nSPS) is 22.2. The van der Waals surface area contributed by atoms with E-state index >= 15 is 0 Å². The zero-order valence-corrected chi connectivity index (χ0v) is 15.6. The van der Waals surface area contributed by atoms with Gasteiger partial charge in [-0.05, 0) is 38.5 Å². The Morgan fingerprint density at radius 3 is 3.04 bits per heavy atom. The van der Waals surface area contributed by atoms with Crippen LogP contribution in [0.25, 0.3) is 0 Å². The van der Waals surface area contributed by atoms with Gasteiger partial charge in [0.05, 0.1) is 6.04 Å². The van der Waals surface area contributed by atoms with Gasteiger partial charge < -0.3 is 10.2 Å². The number of rotatable bonds is 2. The van der Waals surface area contributed by atoms with Crippen molar-refractivity contribution in [2.24, 2.45) is 0 Å². The lowest BCUT2D eigenvalue weighted by Gasteiger charge is -2.25. The highest BCUT2D eigenvalue weighted by molar-refractivity contribution is 5.94. The highest BCUT2D eigenvalue weighted by atomic mass is 16.2. The van der Waals surface area contributed by atoms with Crippen molar-refractivity contribution in [2.75, 3.05) is 13.1 Å². The van der Waals surface area contributed by atoms with Crippen LogP contribution in [0.5, 0.6) is 0 Å². The average Bonchev–Trinajstić information content (AvgIpc) is 3.29. The molecule has 2 aromatic rings. The van der Waals surface area contributed by atoms with Crippen molar-refractivity contribution in [3.8, 4) is 0 Å². The molecule has 27 heavy (non-hydrogen) atoms. The molecule has 1 amide bonds. The molecule has 1 saturated heterocycles. The van der Waals surface area contributed by atoms with E-state index in [0.717, 1.165) is 80.9 Å². The van der Waals surface area contributed by atoms with Crippen molar-refractivity contribution in [2.45, 2.75) is 64.0 Å². The van der Waals surface area contributed by atoms with E-state index in [0.29, 0.717) is 5.69 Å². The lowest BCUT2D eigenvalue weighted by Crippen LogP contribution is -2.33. The lowest BCUT2D eigenvalue weighted by molar-refractivity contribution is 0.0722. The van der Waals surface area contributed by atoms with Crippen molar-refractivity contribution in [3.05, 3.63) is 40.2 Å². The number of nitrogens with zero attached hydrogens (tertiary/aromatic N) is 4. The molecule has 0 radical (unpaired) electrons. The summed E-state index contributed by atoms with van der Waals surface area (Å²) in [6.45, 7) is 2.55. The Balaban J connectivity index is 1.43. The van der Waals surface area contributed by atoms with E-state index in [2.05, 4.69) is 20.5 Å². The maximum absolute atomic E-state index is 13.3. The molecule has 0 saturated carbocycles. The van der Waals surface area contributed by atoms with E-state index in [1.165, 1.54) is 18.4 Å². The quantitative estimate of drug-likeness (QED) is 0.795. The van der Waals surface area contributed by atoms with E-state index in [4.69, 9.17) is 4.98 Å². The zero-order chi connectivity index (χ0) is 18.2. The first-order chi connectivity index (χ1) is 13.3.